The maximum absolute atomic E-state index is 11.7. The van der Waals surface area contributed by atoms with Gasteiger partial charge in [0.25, 0.3) is 0 Å². The highest BCUT2D eigenvalue weighted by Gasteiger charge is 2.24. The van der Waals surface area contributed by atoms with E-state index in [1.165, 1.54) is 0 Å². The van der Waals surface area contributed by atoms with E-state index in [4.69, 9.17) is 0 Å². The smallest absolute Gasteiger partial charge is 0.225 e. The van der Waals surface area contributed by atoms with Gasteiger partial charge in [-0.05, 0) is 38.1 Å². The molecule has 0 unspecified atom stereocenters. The molecule has 2 heterocycles. The van der Waals surface area contributed by atoms with Crippen molar-refractivity contribution in [2.75, 3.05) is 18.0 Å². The molecule has 4 nitrogen and oxygen atoms in total. The minimum absolute atomic E-state index is 0. The zero-order chi connectivity index (χ0) is 11.4. The van der Waals surface area contributed by atoms with E-state index >= 15 is 0 Å². The molecule has 1 saturated heterocycles. The molecule has 0 spiro atoms. The number of aromatic nitrogens is 1. The third kappa shape index (κ3) is 3.41. The summed E-state index contributed by atoms with van der Waals surface area (Å²) in [4.78, 5) is 17.8. The summed E-state index contributed by atoms with van der Waals surface area (Å²) in [5.74, 6) is 0.840. The Morgan fingerprint density at radius 2 is 2.12 bits per heavy atom. The van der Waals surface area contributed by atoms with Crippen molar-refractivity contribution in [1.29, 1.82) is 0 Å². The number of amides is 1. The zero-order valence-electron chi connectivity index (χ0n) is 9.93. The molecule has 0 saturated carbocycles. The Kier molecular flexibility index (Phi) is 5.38. The van der Waals surface area contributed by atoms with E-state index in [2.05, 4.69) is 10.3 Å². The van der Waals surface area contributed by atoms with Gasteiger partial charge in [0.2, 0.25) is 5.91 Å². The van der Waals surface area contributed by atoms with E-state index in [-0.39, 0.29) is 24.4 Å². The molecule has 1 aromatic heterocycles. The molecule has 17 heavy (non-hydrogen) atoms. The molecular weight excluding hydrogens is 238 g/mol. The molecule has 2 rings (SSSR count). The Balaban J connectivity index is 0.00000144. The van der Waals surface area contributed by atoms with Crippen LogP contribution in [0, 0.1) is 0 Å². The van der Waals surface area contributed by atoms with Gasteiger partial charge < -0.3 is 5.32 Å². The number of nitrogens with zero attached hydrogens (tertiary/aromatic N) is 2. The lowest BCUT2D eigenvalue weighted by Crippen LogP contribution is -2.45. The van der Waals surface area contributed by atoms with E-state index in [0.717, 1.165) is 31.7 Å². The van der Waals surface area contributed by atoms with Crippen molar-refractivity contribution >= 4 is 24.1 Å². The van der Waals surface area contributed by atoms with Crippen LogP contribution in [0.2, 0.25) is 0 Å². The first-order chi connectivity index (χ1) is 7.79. The molecule has 94 valence electrons. The lowest BCUT2D eigenvalue weighted by atomic mass is 10.0. The molecule has 1 aliphatic heterocycles. The van der Waals surface area contributed by atoms with E-state index < -0.39 is 0 Å². The highest BCUT2D eigenvalue weighted by atomic mass is 35.5. The number of hydrogen-bond acceptors (Lipinski definition) is 3. The third-order valence-electron chi connectivity index (χ3n) is 2.91. The molecule has 0 bridgehead atoms. The van der Waals surface area contributed by atoms with Crippen LogP contribution in [0.3, 0.4) is 0 Å². The second-order valence-electron chi connectivity index (χ2n) is 4.06. The SMILES string of the molecule is CC(=O)N(c1ccccn1)C1CCNCC1.Cl. The van der Waals surface area contributed by atoms with Crippen molar-refractivity contribution in [2.24, 2.45) is 0 Å². The molecule has 0 radical (unpaired) electrons. The minimum Gasteiger partial charge on any atom is -0.317 e. The minimum atomic E-state index is 0. The summed E-state index contributed by atoms with van der Waals surface area (Å²) >= 11 is 0. The summed E-state index contributed by atoms with van der Waals surface area (Å²) in [6.07, 6.45) is 3.72. The largest absolute Gasteiger partial charge is 0.317 e. The number of hydrogen-bond donors (Lipinski definition) is 1. The number of piperidine rings is 1. The molecule has 1 fully saturated rings. The summed E-state index contributed by atoms with van der Waals surface area (Å²) in [6.45, 7) is 3.55. The molecule has 1 aromatic rings. The topological polar surface area (TPSA) is 45.2 Å². The summed E-state index contributed by atoms with van der Waals surface area (Å²) in [5.41, 5.74) is 0. The van der Waals surface area contributed by atoms with E-state index in [1.807, 2.05) is 23.1 Å². The van der Waals surface area contributed by atoms with Crippen molar-refractivity contribution in [3.63, 3.8) is 0 Å². The number of rotatable bonds is 2. The van der Waals surface area contributed by atoms with Crippen LogP contribution in [-0.4, -0.2) is 30.0 Å². The molecule has 1 aliphatic rings. The van der Waals surface area contributed by atoms with Crippen LogP contribution in [0.15, 0.2) is 24.4 Å². The van der Waals surface area contributed by atoms with Crippen LogP contribution in [-0.2, 0) is 4.79 Å². The predicted molar refractivity (Wildman–Crippen MR) is 70.5 cm³/mol. The number of halogens is 1. The van der Waals surface area contributed by atoms with Gasteiger partial charge in [0.15, 0.2) is 0 Å². The van der Waals surface area contributed by atoms with Crippen molar-refractivity contribution in [2.45, 2.75) is 25.8 Å². The second-order valence-corrected chi connectivity index (χ2v) is 4.06. The van der Waals surface area contributed by atoms with E-state index in [1.54, 1.807) is 13.1 Å². The Morgan fingerprint density at radius 3 is 2.65 bits per heavy atom. The highest BCUT2D eigenvalue weighted by Crippen LogP contribution is 2.19. The molecular formula is C12H18ClN3O. The van der Waals surface area contributed by atoms with Crippen LogP contribution in [0.5, 0.6) is 0 Å². The normalized spacial score (nSPS) is 16.1. The number of pyridine rings is 1. The van der Waals surface area contributed by atoms with Crippen LogP contribution in [0.25, 0.3) is 0 Å². The molecule has 1 N–H and O–H groups in total. The fraction of sp³-hybridized carbons (Fsp3) is 0.500. The summed E-state index contributed by atoms with van der Waals surface area (Å²) < 4.78 is 0. The van der Waals surface area contributed by atoms with Gasteiger partial charge in [0.1, 0.15) is 5.82 Å². The van der Waals surface area contributed by atoms with E-state index in [9.17, 15) is 4.79 Å². The average molecular weight is 256 g/mol. The van der Waals surface area contributed by atoms with Crippen molar-refractivity contribution in [1.82, 2.24) is 10.3 Å². The Hall–Kier alpha value is -1.13. The molecule has 0 aromatic carbocycles. The van der Waals surface area contributed by atoms with Crippen molar-refractivity contribution in [3.8, 4) is 0 Å². The van der Waals surface area contributed by atoms with Crippen LogP contribution in [0.1, 0.15) is 19.8 Å². The van der Waals surface area contributed by atoms with E-state index in [0.29, 0.717) is 0 Å². The van der Waals surface area contributed by atoms with Gasteiger partial charge in [-0.2, -0.15) is 0 Å². The Labute approximate surface area is 108 Å². The van der Waals surface area contributed by atoms with Crippen LogP contribution in [0.4, 0.5) is 5.82 Å². The maximum Gasteiger partial charge on any atom is 0.225 e. The molecule has 0 atom stereocenters. The highest BCUT2D eigenvalue weighted by molar-refractivity contribution is 5.91. The summed E-state index contributed by atoms with van der Waals surface area (Å²) in [5, 5.41) is 3.30. The fourth-order valence-electron chi connectivity index (χ4n) is 2.17. The van der Waals surface area contributed by atoms with Gasteiger partial charge in [-0.3, -0.25) is 9.69 Å². The quantitative estimate of drug-likeness (QED) is 0.873. The lowest BCUT2D eigenvalue weighted by Gasteiger charge is -2.33. The first-order valence-electron chi connectivity index (χ1n) is 5.70. The van der Waals surface area contributed by atoms with Crippen molar-refractivity contribution in [3.05, 3.63) is 24.4 Å². The zero-order valence-corrected chi connectivity index (χ0v) is 10.7. The third-order valence-corrected chi connectivity index (χ3v) is 2.91. The lowest BCUT2D eigenvalue weighted by molar-refractivity contribution is -0.117. The standard InChI is InChI=1S/C12H17N3O.ClH/c1-10(16)15(11-5-8-13-9-6-11)12-4-2-3-7-14-12;/h2-4,7,11,13H,5-6,8-9H2,1H3;1H. The number of nitrogens with one attached hydrogen (secondary N) is 1. The van der Waals surface area contributed by atoms with Crippen LogP contribution >= 0.6 is 12.4 Å². The maximum atomic E-state index is 11.7. The summed E-state index contributed by atoms with van der Waals surface area (Å²) in [6, 6.07) is 5.96. The average Bonchev–Trinajstić information content (AvgIpc) is 2.31. The van der Waals surface area contributed by atoms with Gasteiger partial charge >= 0.3 is 0 Å². The van der Waals surface area contributed by atoms with Gasteiger partial charge in [0, 0.05) is 19.2 Å². The summed E-state index contributed by atoms with van der Waals surface area (Å²) in [7, 11) is 0. The number of carbonyl (C=O) groups is 1. The number of anilines is 1. The fourth-order valence-corrected chi connectivity index (χ4v) is 2.17. The van der Waals surface area contributed by atoms with Crippen molar-refractivity contribution < 1.29 is 4.79 Å². The van der Waals surface area contributed by atoms with Crippen LogP contribution < -0.4 is 10.2 Å². The van der Waals surface area contributed by atoms with Gasteiger partial charge in [-0.25, -0.2) is 4.98 Å². The van der Waals surface area contributed by atoms with Gasteiger partial charge in [-0.1, -0.05) is 6.07 Å². The monoisotopic (exact) mass is 255 g/mol. The predicted octanol–water partition coefficient (Wildman–Crippen LogP) is 1.61. The van der Waals surface area contributed by atoms with Gasteiger partial charge in [0.05, 0.1) is 0 Å². The van der Waals surface area contributed by atoms with Gasteiger partial charge in [-0.15, -0.1) is 12.4 Å². The number of carbonyl (C=O) groups excluding carboxylic acids is 1. The first kappa shape index (κ1) is 13.9. The molecule has 1 amide bonds. The second kappa shape index (κ2) is 6.57. The Morgan fingerprint density at radius 1 is 1.41 bits per heavy atom. The Bertz CT molecular complexity index is 352. The molecule has 5 heteroatoms. The first-order valence-corrected chi connectivity index (χ1v) is 5.70. The molecule has 0 aliphatic carbocycles.